The second-order valence-electron chi connectivity index (χ2n) is 9.13. The Balaban J connectivity index is 1.89. The number of aliphatic hydroxyl groups is 1. The SMILES string of the molecule is CNc1cc2c(cn1)cc(-c1cc(NC(=O)NC(C)C)c(F)cc1C)c(=O)n2C1CC[C@@H](O)C1. The van der Waals surface area contributed by atoms with Crippen LogP contribution in [0.4, 0.5) is 20.7 Å². The number of hydrogen-bond acceptors (Lipinski definition) is 5. The molecule has 2 heterocycles. The molecule has 2 aromatic heterocycles. The summed E-state index contributed by atoms with van der Waals surface area (Å²) in [5.74, 6) is 0.0491. The first kappa shape index (κ1) is 23.7. The zero-order valence-corrected chi connectivity index (χ0v) is 19.8. The number of carbonyl (C=O) groups is 1. The van der Waals surface area contributed by atoms with E-state index in [0.29, 0.717) is 41.8 Å². The van der Waals surface area contributed by atoms with Crippen molar-refractivity contribution in [3.8, 4) is 11.1 Å². The molecule has 180 valence electrons. The molecular weight excluding hydrogens is 437 g/mol. The molecule has 3 aromatic rings. The van der Waals surface area contributed by atoms with Crippen LogP contribution in [0.2, 0.25) is 0 Å². The van der Waals surface area contributed by atoms with Gasteiger partial charge in [-0.25, -0.2) is 14.2 Å². The quantitative estimate of drug-likeness (QED) is 0.451. The lowest BCUT2D eigenvalue weighted by molar-refractivity contribution is 0.178. The number of aromatic nitrogens is 2. The van der Waals surface area contributed by atoms with Crippen molar-refractivity contribution in [1.29, 1.82) is 0 Å². The molecule has 1 aliphatic rings. The smallest absolute Gasteiger partial charge is 0.319 e. The third-order valence-corrected chi connectivity index (χ3v) is 6.19. The van der Waals surface area contributed by atoms with Gasteiger partial charge in [-0.1, -0.05) is 0 Å². The van der Waals surface area contributed by atoms with Crippen LogP contribution in [0.1, 0.15) is 44.7 Å². The molecule has 8 nitrogen and oxygen atoms in total. The number of nitrogens with zero attached hydrogens (tertiary/aromatic N) is 2. The highest BCUT2D eigenvalue weighted by Crippen LogP contribution is 2.34. The maximum Gasteiger partial charge on any atom is 0.319 e. The van der Waals surface area contributed by atoms with E-state index in [1.54, 1.807) is 30.8 Å². The normalized spacial score (nSPS) is 17.9. The Kier molecular flexibility index (Phi) is 6.56. The summed E-state index contributed by atoms with van der Waals surface area (Å²) in [6, 6.07) is 5.59. The average Bonchev–Trinajstić information content (AvgIpc) is 3.20. The van der Waals surface area contributed by atoms with Crippen molar-refractivity contribution in [3.63, 3.8) is 0 Å². The number of hydrogen-bond donors (Lipinski definition) is 4. The van der Waals surface area contributed by atoms with Gasteiger partial charge in [-0.2, -0.15) is 0 Å². The molecule has 34 heavy (non-hydrogen) atoms. The van der Waals surface area contributed by atoms with E-state index >= 15 is 0 Å². The third kappa shape index (κ3) is 4.61. The number of urea groups is 1. The number of amides is 2. The van der Waals surface area contributed by atoms with Crippen molar-refractivity contribution in [1.82, 2.24) is 14.9 Å². The van der Waals surface area contributed by atoms with E-state index in [1.165, 1.54) is 12.1 Å². The van der Waals surface area contributed by atoms with Gasteiger partial charge >= 0.3 is 6.03 Å². The summed E-state index contributed by atoms with van der Waals surface area (Å²) in [5.41, 5.74) is 1.97. The predicted molar refractivity (Wildman–Crippen MR) is 132 cm³/mol. The molecule has 4 rings (SSSR count). The van der Waals surface area contributed by atoms with E-state index in [2.05, 4.69) is 20.9 Å². The summed E-state index contributed by atoms with van der Waals surface area (Å²) in [5, 5.41) is 19.1. The lowest BCUT2D eigenvalue weighted by Gasteiger charge is -2.20. The van der Waals surface area contributed by atoms with Gasteiger partial charge in [-0.05, 0) is 69.4 Å². The van der Waals surface area contributed by atoms with Crippen molar-refractivity contribution >= 4 is 28.4 Å². The van der Waals surface area contributed by atoms with Crippen molar-refractivity contribution < 1.29 is 14.3 Å². The van der Waals surface area contributed by atoms with Crippen LogP contribution in [0.3, 0.4) is 0 Å². The van der Waals surface area contributed by atoms with Gasteiger partial charge in [-0.15, -0.1) is 0 Å². The molecule has 1 aliphatic carbocycles. The Hall–Kier alpha value is -3.46. The van der Waals surface area contributed by atoms with Gasteiger partial charge in [-0.3, -0.25) is 4.79 Å². The van der Waals surface area contributed by atoms with Gasteiger partial charge in [0.15, 0.2) is 0 Å². The van der Waals surface area contributed by atoms with Crippen LogP contribution in [0.25, 0.3) is 22.0 Å². The first-order valence-corrected chi connectivity index (χ1v) is 11.5. The van der Waals surface area contributed by atoms with Gasteiger partial charge in [0.2, 0.25) is 0 Å². The molecule has 9 heteroatoms. The average molecular weight is 468 g/mol. The first-order chi connectivity index (χ1) is 16.2. The number of aliphatic hydroxyl groups excluding tert-OH is 1. The predicted octanol–water partition coefficient (Wildman–Crippen LogP) is 4.17. The lowest BCUT2D eigenvalue weighted by Crippen LogP contribution is -2.34. The Morgan fingerprint density at radius 3 is 2.62 bits per heavy atom. The monoisotopic (exact) mass is 467 g/mol. The van der Waals surface area contributed by atoms with E-state index in [4.69, 9.17) is 0 Å². The van der Waals surface area contributed by atoms with Crippen molar-refractivity contribution in [3.05, 3.63) is 52.2 Å². The molecule has 2 atom stereocenters. The standard InChI is InChI=1S/C25H30FN5O3/c1-13(2)29-25(34)30-21-10-18(14(3)7-20(21)26)19-8-15-12-28-23(27-4)11-22(15)31(24(19)33)16-5-6-17(32)9-16/h7-8,10-13,16-17,32H,5-6,9H2,1-4H3,(H,27,28)(H2,29,30,34)/t16?,17-/m1/s1. The second-order valence-corrected chi connectivity index (χ2v) is 9.13. The maximum absolute atomic E-state index is 14.7. The number of anilines is 2. The highest BCUT2D eigenvalue weighted by molar-refractivity contribution is 5.91. The minimum atomic E-state index is -0.583. The molecule has 2 amide bonds. The highest BCUT2D eigenvalue weighted by Gasteiger charge is 2.28. The summed E-state index contributed by atoms with van der Waals surface area (Å²) in [4.78, 5) is 30.4. The number of benzene rings is 1. The van der Waals surface area contributed by atoms with E-state index in [0.717, 1.165) is 10.9 Å². The van der Waals surface area contributed by atoms with Gasteiger partial charge < -0.3 is 25.6 Å². The fourth-order valence-electron chi connectivity index (χ4n) is 4.57. The van der Waals surface area contributed by atoms with Gasteiger partial charge in [0.25, 0.3) is 5.56 Å². The largest absolute Gasteiger partial charge is 0.393 e. The number of nitrogens with one attached hydrogen (secondary N) is 3. The Labute approximate surface area is 197 Å². The minimum absolute atomic E-state index is 0.00950. The van der Waals surface area contributed by atoms with Crippen LogP contribution < -0.4 is 21.5 Å². The van der Waals surface area contributed by atoms with Crippen molar-refractivity contribution in [2.75, 3.05) is 17.7 Å². The number of aryl methyl sites for hydroxylation is 1. The van der Waals surface area contributed by atoms with Crippen LogP contribution in [0.5, 0.6) is 0 Å². The summed E-state index contributed by atoms with van der Waals surface area (Å²) < 4.78 is 16.4. The number of carbonyl (C=O) groups excluding carboxylic acids is 1. The van der Waals surface area contributed by atoms with Crippen molar-refractivity contribution in [2.24, 2.45) is 0 Å². The summed E-state index contributed by atoms with van der Waals surface area (Å²) in [6.45, 7) is 5.34. The van der Waals surface area contributed by atoms with E-state index in [9.17, 15) is 19.1 Å². The molecule has 0 radical (unpaired) electrons. The van der Waals surface area contributed by atoms with Gasteiger partial charge in [0, 0.05) is 42.3 Å². The molecule has 4 N–H and O–H groups in total. The third-order valence-electron chi connectivity index (χ3n) is 6.19. The maximum atomic E-state index is 14.7. The molecule has 0 saturated heterocycles. The fourth-order valence-corrected chi connectivity index (χ4v) is 4.57. The Morgan fingerprint density at radius 2 is 1.97 bits per heavy atom. The van der Waals surface area contributed by atoms with E-state index in [1.807, 2.05) is 19.9 Å². The fraction of sp³-hybridized carbons (Fsp3) is 0.400. The van der Waals surface area contributed by atoms with Crippen LogP contribution in [0, 0.1) is 12.7 Å². The molecule has 0 bridgehead atoms. The highest BCUT2D eigenvalue weighted by atomic mass is 19.1. The molecule has 0 spiro atoms. The molecule has 1 saturated carbocycles. The summed E-state index contributed by atoms with van der Waals surface area (Å²) >= 11 is 0. The Bertz CT molecular complexity index is 1300. The van der Waals surface area contributed by atoms with Gasteiger partial charge in [0.1, 0.15) is 11.6 Å². The van der Waals surface area contributed by atoms with E-state index < -0.39 is 18.0 Å². The molecule has 1 unspecified atom stereocenters. The number of rotatable bonds is 5. The zero-order valence-electron chi connectivity index (χ0n) is 19.8. The number of pyridine rings is 2. The van der Waals surface area contributed by atoms with Crippen LogP contribution in [-0.4, -0.2) is 39.9 Å². The molecule has 0 aliphatic heterocycles. The first-order valence-electron chi connectivity index (χ1n) is 11.5. The van der Waals surface area contributed by atoms with Crippen LogP contribution in [0.15, 0.2) is 35.3 Å². The Morgan fingerprint density at radius 1 is 1.21 bits per heavy atom. The number of halogens is 1. The zero-order chi connectivity index (χ0) is 24.6. The van der Waals surface area contributed by atoms with Gasteiger partial charge in [0.05, 0.1) is 17.3 Å². The molecule has 1 fully saturated rings. The van der Waals surface area contributed by atoms with Crippen LogP contribution >= 0.6 is 0 Å². The summed E-state index contributed by atoms with van der Waals surface area (Å²) in [7, 11) is 1.76. The van der Waals surface area contributed by atoms with Crippen molar-refractivity contribution in [2.45, 2.75) is 58.2 Å². The van der Waals surface area contributed by atoms with E-state index in [-0.39, 0.29) is 23.3 Å². The second kappa shape index (κ2) is 9.42. The number of fused-ring (bicyclic) bond motifs is 1. The minimum Gasteiger partial charge on any atom is -0.393 e. The molecule has 1 aromatic carbocycles. The summed E-state index contributed by atoms with van der Waals surface area (Å²) in [6.07, 6.45) is 3.03. The van der Waals surface area contributed by atoms with Crippen LogP contribution in [-0.2, 0) is 0 Å². The lowest BCUT2D eigenvalue weighted by atomic mass is 9.98. The topological polar surface area (TPSA) is 108 Å². The molecular formula is C25H30FN5O3.